The summed E-state index contributed by atoms with van der Waals surface area (Å²) in [6, 6.07) is 1.56. The number of rotatable bonds is 5. The van der Waals surface area contributed by atoms with Gasteiger partial charge in [0.05, 0.1) is 0 Å². The monoisotopic (exact) mass is 223 g/mol. The first-order chi connectivity index (χ1) is 7.56. The summed E-state index contributed by atoms with van der Waals surface area (Å²) in [7, 11) is 1.98. The maximum atomic E-state index is 11.4. The van der Waals surface area contributed by atoms with Gasteiger partial charge in [0.2, 0.25) is 0 Å². The topological polar surface area (TPSA) is 49.0 Å². The van der Waals surface area contributed by atoms with E-state index in [1.165, 1.54) is 0 Å². The second kappa shape index (κ2) is 5.68. The summed E-state index contributed by atoms with van der Waals surface area (Å²) < 4.78 is 0. The maximum absolute atomic E-state index is 11.4. The van der Waals surface area contributed by atoms with Crippen LogP contribution in [0.2, 0.25) is 0 Å². The molecule has 0 fully saturated rings. The predicted molar refractivity (Wildman–Crippen MR) is 67.0 cm³/mol. The summed E-state index contributed by atoms with van der Waals surface area (Å²) in [4.78, 5) is 20.6. The minimum atomic E-state index is -0.0714. The molecule has 0 aliphatic carbocycles. The molecule has 90 valence electrons. The number of nitrogens with zero attached hydrogens (tertiary/aromatic N) is 2. The van der Waals surface area contributed by atoms with E-state index >= 15 is 0 Å². The van der Waals surface area contributed by atoms with Crippen LogP contribution in [0.1, 0.15) is 33.0 Å². The normalized spacial score (nSPS) is 12.5. The van der Waals surface area contributed by atoms with Crippen molar-refractivity contribution in [2.45, 2.75) is 33.6 Å². The van der Waals surface area contributed by atoms with Gasteiger partial charge in [-0.1, -0.05) is 27.2 Å². The summed E-state index contributed by atoms with van der Waals surface area (Å²) in [6.45, 7) is 7.28. The van der Waals surface area contributed by atoms with E-state index in [1.54, 1.807) is 6.07 Å². The van der Waals surface area contributed by atoms with Gasteiger partial charge in [0, 0.05) is 26.1 Å². The molecule has 16 heavy (non-hydrogen) atoms. The van der Waals surface area contributed by atoms with Crippen LogP contribution in [0.3, 0.4) is 0 Å². The van der Waals surface area contributed by atoms with Crippen molar-refractivity contribution in [2.24, 2.45) is 5.92 Å². The highest BCUT2D eigenvalue weighted by atomic mass is 16.1. The SMILES string of the molecule is CCc1nc(N(C)CC(C)CC)cc(=O)[nH]1. The lowest BCUT2D eigenvalue weighted by atomic mass is 10.1. The van der Waals surface area contributed by atoms with Crippen LogP contribution in [-0.4, -0.2) is 23.6 Å². The first-order valence-electron chi connectivity index (χ1n) is 5.88. The zero-order valence-electron chi connectivity index (χ0n) is 10.6. The van der Waals surface area contributed by atoms with Crippen LogP contribution in [0.25, 0.3) is 0 Å². The molecule has 0 saturated heterocycles. The fraction of sp³-hybridized carbons (Fsp3) is 0.667. The lowest BCUT2D eigenvalue weighted by Crippen LogP contribution is -2.26. The number of H-pyrrole nitrogens is 1. The highest BCUT2D eigenvalue weighted by Crippen LogP contribution is 2.10. The molecule has 4 heteroatoms. The molecule has 0 amide bonds. The van der Waals surface area contributed by atoms with E-state index in [2.05, 4.69) is 23.8 Å². The molecule has 1 aromatic rings. The average Bonchev–Trinajstić information content (AvgIpc) is 2.27. The smallest absolute Gasteiger partial charge is 0.252 e. The van der Waals surface area contributed by atoms with Crippen molar-refractivity contribution < 1.29 is 0 Å². The van der Waals surface area contributed by atoms with Crippen LogP contribution in [-0.2, 0) is 6.42 Å². The predicted octanol–water partition coefficient (Wildman–Crippen LogP) is 1.81. The van der Waals surface area contributed by atoms with Crippen molar-refractivity contribution in [1.29, 1.82) is 0 Å². The average molecular weight is 223 g/mol. The van der Waals surface area contributed by atoms with Gasteiger partial charge >= 0.3 is 0 Å². The molecule has 1 atom stereocenters. The van der Waals surface area contributed by atoms with Crippen molar-refractivity contribution in [1.82, 2.24) is 9.97 Å². The summed E-state index contributed by atoms with van der Waals surface area (Å²) in [5, 5.41) is 0. The number of hydrogen-bond donors (Lipinski definition) is 1. The van der Waals surface area contributed by atoms with Gasteiger partial charge in [0.15, 0.2) is 0 Å². The molecule has 0 spiro atoms. The molecule has 1 aromatic heterocycles. The molecule has 0 radical (unpaired) electrons. The molecule has 1 heterocycles. The highest BCUT2D eigenvalue weighted by Gasteiger charge is 2.08. The molecule has 1 N–H and O–H groups in total. The Bertz CT molecular complexity index is 386. The third-order valence-corrected chi connectivity index (χ3v) is 2.79. The number of nitrogens with one attached hydrogen (secondary N) is 1. The van der Waals surface area contributed by atoms with Crippen molar-refractivity contribution >= 4 is 5.82 Å². The summed E-state index contributed by atoms with van der Waals surface area (Å²) >= 11 is 0. The second-order valence-corrected chi connectivity index (χ2v) is 4.30. The standard InChI is InChI=1S/C12H21N3O/c1-5-9(3)8-15(4)11-7-12(16)14-10(6-2)13-11/h7,9H,5-6,8H2,1-4H3,(H,13,14,16). The van der Waals surface area contributed by atoms with Gasteiger partial charge in [0.25, 0.3) is 5.56 Å². The Morgan fingerprint density at radius 2 is 2.19 bits per heavy atom. The Balaban J connectivity index is 2.86. The molecule has 1 unspecified atom stereocenters. The number of hydrogen-bond acceptors (Lipinski definition) is 3. The molecule has 0 aliphatic heterocycles. The quantitative estimate of drug-likeness (QED) is 0.828. The zero-order valence-corrected chi connectivity index (χ0v) is 10.6. The van der Waals surface area contributed by atoms with E-state index in [-0.39, 0.29) is 5.56 Å². The third kappa shape index (κ3) is 3.36. The zero-order chi connectivity index (χ0) is 12.1. The lowest BCUT2D eigenvalue weighted by Gasteiger charge is -2.21. The molecule has 0 bridgehead atoms. The van der Waals surface area contributed by atoms with Crippen LogP contribution in [0, 0.1) is 5.92 Å². The van der Waals surface area contributed by atoms with Crippen LogP contribution >= 0.6 is 0 Å². The van der Waals surface area contributed by atoms with Crippen molar-refractivity contribution in [2.75, 3.05) is 18.5 Å². The molecule has 0 aliphatic rings. The Morgan fingerprint density at radius 1 is 1.50 bits per heavy atom. The molecular formula is C12H21N3O. The first-order valence-corrected chi connectivity index (χ1v) is 5.88. The fourth-order valence-electron chi connectivity index (χ4n) is 1.55. The molecule has 0 aromatic carbocycles. The van der Waals surface area contributed by atoms with E-state index in [4.69, 9.17) is 0 Å². The Morgan fingerprint density at radius 3 is 2.75 bits per heavy atom. The van der Waals surface area contributed by atoms with Gasteiger partial charge in [0.1, 0.15) is 11.6 Å². The highest BCUT2D eigenvalue weighted by molar-refractivity contribution is 5.36. The molecule has 4 nitrogen and oxygen atoms in total. The number of aryl methyl sites for hydroxylation is 1. The second-order valence-electron chi connectivity index (χ2n) is 4.30. The fourth-order valence-corrected chi connectivity index (χ4v) is 1.55. The van der Waals surface area contributed by atoms with Crippen LogP contribution in [0.5, 0.6) is 0 Å². The minimum Gasteiger partial charge on any atom is -0.359 e. The third-order valence-electron chi connectivity index (χ3n) is 2.79. The van der Waals surface area contributed by atoms with E-state index in [0.29, 0.717) is 5.92 Å². The summed E-state index contributed by atoms with van der Waals surface area (Å²) in [6.07, 6.45) is 1.88. The largest absolute Gasteiger partial charge is 0.359 e. The number of aromatic amines is 1. The number of aromatic nitrogens is 2. The van der Waals surface area contributed by atoms with Crippen molar-refractivity contribution in [3.8, 4) is 0 Å². The molecular weight excluding hydrogens is 202 g/mol. The Hall–Kier alpha value is -1.32. The van der Waals surface area contributed by atoms with Gasteiger partial charge in [-0.3, -0.25) is 4.79 Å². The van der Waals surface area contributed by atoms with E-state index in [0.717, 1.165) is 31.0 Å². The summed E-state index contributed by atoms with van der Waals surface area (Å²) in [5.41, 5.74) is -0.0714. The van der Waals surface area contributed by atoms with Gasteiger partial charge < -0.3 is 9.88 Å². The van der Waals surface area contributed by atoms with Crippen LogP contribution in [0.4, 0.5) is 5.82 Å². The van der Waals surface area contributed by atoms with E-state index < -0.39 is 0 Å². The van der Waals surface area contributed by atoms with Gasteiger partial charge in [-0.25, -0.2) is 4.98 Å². The lowest BCUT2D eigenvalue weighted by molar-refractivity contribution is 0.557. The first kappa shape index (κ1) is 12.7. The minimum absolute atomic E-state index is 0.0714. The van der Waals surface area contributed by atoms with Crippen LogP contribution < -0.4 is 10.5 Å². The van der Waals surface area contributed by atoms with E-state index in [1.807, 2.05) is 18.9 Å². The van der Waals surface area contributed by atoms with Crippen molar-refractivity contribution in [3.05, 3.63) is 22.2 Å². The number of anilines is 1. The van der Waals surface area contributed by atoms with Gasteiger partial charge in [-0.15, -0.1) is 0 Å². The molecule has 0 saturated carbocycles. The van der Waals surface area contributed by atoms with Crippen LogP contribution in [0.15, 0.2) is 10.9 Å². The van der Waals surface area contributed by atoms with E-state index in [9.17, 15) is 4.79 Å². The molecule has 1 rings (SSSR count). The van der Waals surface area contributed by atoms with Crippen molar-refractivity contribution in [3.63, 3.8) is 0 Å². The van der Waals surface area contributed by atoms with Gasteiger partial charge in [-0.05, 0) is 5.92 Å². The maximum Gasteiger partial charge on any atom is 0.252 e. The Kier molecular flexibility index (Phi) is 4.52. The van der Waals surface area contributed by atoms with Gasteiger partial charge in [-0.2, -0.15) is 0 Å². The Labute approximate surface area is 96.7 Å². The summed E-state index contributed by atoms with van der Waals surface area (Å²) in [5.74, 6) is 2.12.